The lowest BCUT2D eigenvalue weighted by Gasteiger charge is -2.29. The molecule has 1 saturated heterocycles. The van der Waals surface area contributed by atoms with Gasteiger partial charge in [0, 0.05) is 25.6 Å². The third-order valence-electron chi connectivity index (χ3n) is 5.81. The van der Waals surface area contributed by atoms with Crippen LogP contribution in [0.1, 0.15) is 43.4 Å². The van der Waals surface area contributed by atoms with E-state index in [0.717, 1.165) is 43.6 Å². The van der Waals surface area contributed by atoms with Gasteiger partial charge in [-0.05, 0) is 49.8 Å². The monoisotopic (exact) mass is 410 g/mol. The molecule has 2 amide bonds. The fourth-order valence-electron chi connectivity index (χ4n) is 3.97. The first-order valence-corrected chi connectivity index (χ1v) is 10.9. The van der Waals surface area contributed by atoms with Crippen molar-refractivity contribution in [1.29, 1.82) is 0 Å². The van der Waals surface area contributed by atoms with E-state index in [1.807, 2.05) is 42.5 Å². The molecule has 0 radical (unpaired) electrons. The first-order chi connectivity index (χ1) is 14.7. The van der Waals surface area contributed by atoms with Crippen LogP contribution in [0.15, 0.2) is 53.1 Å². The number of nitrogens with zero attached hydrogens (tertiary/aromatic N) is 2. The van der Waals surface area contributed by atoms with Crippen LogP contribution in [0.4, 0.5) is 0 Å². The summed E-state index contributed by atoms with van der Waals surface area (Å²) in [5.41, 5.74) is 1.14. The molecule has 160 valence electrons. The number of carbonyl (C=O) groups excluding carboxylic acids is 2. The highest BCUT2D eigenvalue weighted by molar-refractivity contribution is 5.85. The number of benzene rings is 1. The molecule has 2 aromatic rings. The van der Waals surface area contributed by atoms with E-state index in [9.17, 15) is 9.59 Å². The predicted molar refractivity (Wildman–Crippen MR) is 113 cm³/mol. The molecule has 0 spiro atoms. The Bertz CT molecular complexity index is 811. The van der Waals surface area contributed by atoms with Gasteiger partial charge in [0.05, 0.1) is 18.9 Å². The Morgan fingerprint density at radius 1 is 1.00 bits per heavy atom. The zero-order valence-corrected chi connectivity index (χ0v) is 17.4. The first-order valence-electron chi connectivity index (χ1n) is 10.9. The van der Waals surface area contributed by atoms with E-state index in [-0.39, 0.29) is 30.5 Å². The van der Waals surface area contributed by atoms with Crippen LogP contribution < -0.4 is 0 Å². The predicted octanol–water partition coefficient (Wildman–Crippen LogP) is 3.41. The van der Waals surface area contributed by atoms with Crippen molar-refractivity contribution in [3.8, 4) is 0 Å². The SMILES string of the molecule is O=C(CN(C(=O)CCc1ccccc1)C1CC1)N(Cc1ccco1)C[C@@H]1CCCO1. The lowest BCUT2D eigenvalue weighted by atomic mass is 10.1. The van der Waals surface area contributed by atoms with E-state index < -0.39 is 0 Å². The second-order valence-corrected chi connectivity index (χ2v) is 8.23. The maximum absolute atomic E-state index is 13.2. The molecule has 1 aromatic heterocycles. The molecule has 1 atom stereocenters. The Labute approximate surface area is 177 Å². The number of furan rings is 1. The largest absolute Gasteiger partial charge is 0.467 e. The second-order valence-electron chi connectivity index (χ2n) is 8.23. The molecule has 1 saturated carbocycles. The number of hydrogen-bond acceptors (Lipinski definition) is 4. The molecule has 2 heterocycles. The number of amides is 2. The van der Waals surface area contributed by atoms with E-state index in [4.69, 9.17) is 9.15 Å². The molecule has 30 heavy (non-hydrogen) atoms. The normalized spacial score (nSPS) is 18.3. The number of rotatable bonds is 10. The van der Waals surface area contributed by atoms with Crippen LogP contribution in [0.5, 0.6) is 0 Å². The lowest BCUT2D eigenvalue weighted by Crippen LogP contribution is -2.45. The number of carbonyl (C=O) groups is 2. The Balaban J connectivity index is 1.38. The average Bonchev–Trinajstić information content (AvgIpc) is 3.22. The first kappa shape index (κ1) is 20.7. The molecule has 0 unspecified atom stereocenters. The maximum atomic E-state index is 13.2. The Hall–Kier alpha value is -2.60. The molecule has 1 aliphatic carbocycles. The fraction of sp³-hybridized carbons (Fsp3) is 0.500. The van der Waals surface area contributed by atoms with Crippen LogP contribution in [0, 0.1) is 0 Å². The van der Waals surface area contributed by atoms with Crippen molar-refractivity contribution in [2.45, 2.75) is 57.2 Å². The quantitative estimate of drug-likeness (QED) is 0.602. The Morgan fingerprint density at radius 2 is 1.83 bits per heavy atom. The highest BCUT2D eigenvalue weighted by Gasteiger charge is 2.35. The van der Waals surface area contributed by atoms with Crippen molar-refractivity contribution < 1.29 is 18.7 Å². The van der Waals surface area contributed by atoms with E-state index in [1.54, 1.807) is 16.1 Å². The van der Waals surface area contributed by atoms with Gasteiger partial charge in [-0.25, -0.2) is 0 Å². The summed E-state index contributed by atoms with van der Waals surface area (Å²) in [6.45, 7) is 1.82. The molecule has 6 heteroatoms. The van der Waals surface area contributed by atoms with Crippen molar-refractivity contribution in [1.82, 2.24) is 9.80 Å². The van der Waals surface area contributed by atoms with Gasteiger partial charge in [0.25, 0.3) is 0 Å². The van der Waals surface area contributed by atoms with E-state index in [0.29, 0.717) is 25.9 Å². The van der Waals surface area contributed by atoms with Crippen molar-refractivity contribution in [3.05, 3.63) is 60.1 Å². The maximum Gasteiger partial charge on any atom is 0.242 e. The zero-order chi connectivity index (χ0) is 20.8. The van der Waals surface area contributed by atoms with Gasteiger partial charge >= 0.3 is 0 Å². The number of hydrogen-bond donors (Lipinski definition) is 0. The average molecular weight is 411 g/mol. The summed E-state index contributed by atoms with van der Waals surface area (Å²) in [7, 11) is 0. The molecule has 0 bridgehead atoms. The van der Waals surface area contributed by atoms with Crippen LogP contribution in [0.25, 0.3) is 0 Å². The van der Waals surface area contributed by atoms with Gasteiger partial charge in [-0.1, -0.05) is 30.3 Å². The van der Waals surface area contributed by atoms with Crippen LogP contribution in [-0.4, -0.2) is 53.5 Å². The van der Waals surface area contributed by atoms with Gasteiger partial charge in [-0.15, -0.1) is 0 Å². The molecule has 1 aromatic carbocycles. The molecular weight excluding hydrogens is 380 g/mol. The lowest BCUT2D eigenvalue weighted by molar-refractivity contribution is -0.142. The molecule has 4 rings (SSSR count). The number of aryl methyl sites for hydroxylation is 1. The van der Waals surface area contributed by atoms with Crippen molar-refractivity contribution in [2.75, 3.05) is 19.7 Å². The second kappa shape index (κ2) is 9.94. The fourth-order valence-corrected chi connectivity index (χ4v) is 3.97. The van der Waals surface area contributed by atoms with E-state index in [1.165, 1.54) is 0 Å². The summed E-state index contributed by atoms with van der Waals surface area (Å²) in [5, 5.41) is 0. The third-order valence-corrected chi connectivity index (χ3v) is 5.81. The molecule has 2 fully saturated rings. The van der Waals surface area contributed by atoms with Gasteiger partial charge in [0.15, 0.2) is 0 Å². The van der Waals surface area contributed by atoms with E-state index in [2.05, 4.69) is 0 Å². The summed E-state index contributed by atoms with van der Waals surface area (Å²) in [5.74, 6) is 0.765. The summed E-state index contributed by atoms with van der Waals surface area (Å²) < 4.78 is 11.2. The third kappa shape index (κ3) is 5.72. The van der Waals surface area contributed by atoms with Crippen LogP contribution in [0.3, 0.4) is 0 Å². The van der Waals surface area contributed by atoms with Gasteiger partial charge in [-0.3, -0.25) is 9.59 Å². The standard InChI is InChI=1S/C24H30N2O4/c27-23(13-10-19-6-2-1-3-7-19)26(20-11-12-20)18-24(28)25(16-21-8-4-14-29-21)17-22-9-5-15-30-22/h1-4,6-8,14,20,22H,5,9-13,15-18H2/t22-/m0/s1. The summed E-state index contributed by atoms with van der Waals surface area (Å²) >= 11 is 0. The van der Waals surface area contributed by atoms with Crippen molar-refractivity contribution in [2.24, 2.45) is 0 Å². The number of ether oxygens (including phenoxy) is 1. The van der Waals surface area contributed by atoms with Gasteiger partial charge in [0.2, 0.25) is 11.8 Å². The minimum atomic E-state index is -0.0399. The summed E-state index contributed by atoms with van der Waals surface area (Å²) in [4.78, 5) is 29.7. The minimum Gasteiger partial charge on any atom is -0.467 e. The Kier molecular flexibility index (Phi) is 6.84. The summed E-state index contributed by atoms with van der Waals surface area (Å²) in [6, 6.07) is 13.9. The van der Waals surface area contributed by atoms with Crippen LogP contribution >= 0.6 is 0 Å². The zero-order valence-electron chi connectivity index (χ0n) is 17.4. The molecule has 0 N–H and O–H groups in total. The van der Waals surface area contributed by atoms with Crippen LogP contribution in [0.2, 0.25) is 0 Å². The molecule has 1 aliphatic heterocycles. The smallest absolute Gasteiger partial charge is 0.242 e. The highest BCUT2D eigenvalue weighted by atomic mass is 16.5. The molecule has 6 nitrogen and oxygen atoms in total. The topological polar surface area (TPSA) is 63.0 Å². The van der Waals surface area contributed by atoms with Crippen molar-refractivity contribution >= 4 is 11.8 Å². The van der Waals surface area contributed by atoms with Crippen LogP contribution in [-0.2, 0) is 27.3 Å². The van der Waals surface area contributed by atoms with Gasteiger partial charge < -0.3 is 19.0 Å². The highest BCUT2D eigenvalue weighted by Crippen LogP contribution is 2.28. The van der Waals surface area contributed by atoms with Gasteiger partial charge in [0.1, 0.15) is 12.3 Å². The minimum absolute atomic E-state index is 0.0399. The van der Waals surface area contributed by atoms with E-state index >= 15 is 0 Å². The molecule has 2 aliphatic rings. The van der Waals surface area contributed by atoms with Crippen molar-refractivity contribution in [3.63, 3.8) is 0 Å². The molecular formula is C24H30N2O4. The Morgan fingerprint density at radius 3 is 2.50 bits per heavy atom. The van der Waals surface area contributed by atoms with Gasteiger partial charge in [-0.2, -0.15) is 0 Å². The summed E-state index contributed by atoms with van der Waals surface area (Å²) in [6.07, 6.45) is 6.76.